The van der Waals surface area contributed by atoms with Crippen LogP contribution in [0.1, 0.15) is 61.7 Å². The zero-order valence-corrected chi connectivity index (χ0v) is 17.9. The van der Waals surface area contributed by atoms with Gasteiger partial charge in [0.1, 0.15) is 0 Å². The molecule has 2 saturated carbocycles. The fraction of sp³-hybridized carbons (Fsp3) is 0.565. The molecule has 2 heterocycles. The normalized spacial score (nSPS) is 25.9. The zero-order chi connectivity index (χ0) is 19.1. The minimum Gasteiger partial charge on any atom is -0.381 e. The summed E-state index contributed by atoms with van der Waals surface area (Å²) >= 11 is 3.59. The topological polar surface area (TPSA) is 45.2 Å². The van der Waals surface area contributed by atoms with Gasteiger partial charge in [0.2, 0.25) is 0 Å². The quantitative estimate of drug-likeness (QED) is 0.629. The van der Waals surface area contributed by atoms with Crippen LogP contribution in [0.25, 0.3) is 10.9 Å². The number of rotatable bonds is 5. The maximum Gasteiger partial charge on any atom is 0.169 e. The van der Waals surface area contributed by atoms with Crippen molar-refractivity contribution in [1.82, 2.24) is 9.88 Å². The molecule has 5 rings (SSSR count). The number of hydrogen-bond acceptors (Lipinski definition) is 4. The van der Waals surface area contributed by atoms with Crippen molar-refractivity contribution >= 4 is 38.3 Å². The summed E-state index contributed by atoms with van der Waals surface area (Å²) in [6.07, 6.45) is 11.4. The molecule has 148 valence electrons. The molecule has 0 radical (unpaired) electrons. The standard InChI is InChI=1S/C23H28BrN3O/c24-16-5-10-21-19(13-16)22(20(14-25-21)23(28)15-3-4-15)26-17-6-8-18(9-7-17)27-11-1-2-12-27/h5,10,13-15,17-18H,1-4,6-9,11-12H2,(H,25,26). The van der Waals surface area contributed by atoms with E-state index in [9.17, 15) is 4.79 Å². The Hall–Kier alpha value is -1.46. The number of nitrogens with one attached hydrogen (secondary N) is 1. The number of pyridine rings is 1. The van der Waals surface area contributed by atoms with Crippen molar-refractivity contribution in [3.05, 3.63) is 34.4 Å². The summed E-state index contributed by atoms with van der Waals surface area (Å²) in [5.74, 6) is 0.473. The van der Waals surface area contributed by atoms with Crippen molar-refractivity contribution in [2.75, 3.05) is 18.4 Å². The van der Waals surface area contributed by atoms with E-state index in [4.69, 9.17) is 0 Å². The first-order valence-electron chi connectivity index (χ1n) is 10.8. The Balaban J connectivity index is 1.40. The summed E-state index contributed by atoms with van der Waals surface area (Å²) < 4.78 is 1.03. The number of nitrogens with zero attached hydrogens (tertiary/aromatic N) is 2. The molecule has 0 amide bonds. The van der Waals surface area contributed by atoms with Crippen LogP contribution in [-0.4, -0.2) is 40.8 Å². The van der Waals surface area contributed by atoms with E-state index < -0.39 is 0 Å². The van der Waals surface area contributed by atoms with Crippen molar-refractivity contribution in [2.45, 2.75) is 63.5 Å². The van der Waals surface area contributed by atoms with E-state index in [1.165, 1.54) is 51.6 Å². The maximum absolute atomic E-state index is 12.9. The average molecular weight is 442 g/mol. The number of aromatic nitrogens is 1. The van der Waals surface area contributed by atoms with Gasteiger partial charge in [-0.2, -0.15) is 0 Å². The van der Waals surface area contributed by atoms with E-state index in [0.717, 1.165) is 45.5 Å². The number of hydrogen-bond donors (Lipinski definition) is 1. The van der Waals surface area contributed by atoms with Crippen LogP contribution in [0.2, 0.25) is 0 Å². The molecule has 5 heteroatoms. The Bertz CT molecular complexity index is 881. The first-order valence-corrected chi connectivity index (χ1v) is 11.6. The first kappa shape index (κ1) is 18.6. The molecule has 2 aliphatic carbocycles. The van der Waals surface area contributed by atoms with Crippen LogP contribution in [0.3, 0.4) is 0 Å². The number of anilines is 1. The number of benzene rings is 1. The van der Waals surface area contributed by atoms with Gasteiger partial charge in [0, 0.05) is 34.1 Å². The SMILES string of the molecule is O=C(c1cnc2ccc(Br)cc2c1NC1CCC(N2CCCC2)CC1)C1CC1. The molecule has 0 bridgehead atoms. The highest BCUT2D eigenvalue weighted by molar-refractivity contribution is 9.10. The van der Waals surface area contributed by atoms with Gasteiger partial charge in [-0.1, -0.05) is 15.9 Å². The van der Waals surface area contributed by atoms with Gasteiger partial charge in [-0.05, 0) is 82.7 Å². The Morgan fingerprint density at radius 1 is 1.07 bits per heavy atom. The van der Waals surface area contributed by atoms with Crippen LogP contribution >= 0.6 is 15.9 Å². The smallest absolute Gasteiger partial charge is 0.169 e. The molecule has 3 fully saturated rings. The Labute approximate surface area is 175 Å². The van der Waals surface area contributed by atoms with Gasteiger partial charge < -0.3 is 10.2 Å². The summed E-state index contributed by atoms with van der Waals surface area (Å²) in [7, 11) is 0. The zero-order valence-electron chi connectivity index (χ0n) is 16.3. The number of likely N-dealkylation sites (tertiary alicyclic amines) is 1. The summed E-state index contributed by atoms with van der Waals surface area (Å²) in [5, 5.41) is 4.85. The van der Waals surface area contributed by atoms with Gasteiger partial charge >= 0.3 is 0 Å². The molecule has 1 aliphatic heterocycles. The van der Waals surface area contributed by atoms with E-state index in [1.54, 1.807) is 6.20 Å². The van der Waals surface area contributed by atoms with E-state index in [-0.39, 0.29) is 11.7 Å². The minimum atomic E-state index is 0.206. The van der Waals surface area contributed by atoms with Gasteiger partial charge in [-0.3, -0.25) is 9.78 Å². The second-order valence-corrected chi connectivity index (χ2v) is 9.66. The molecule has 1 aromatic carbocycles. The highest BCUT2D eigenvalue weighted by Crippen LogP contribution is 2.38. The van der Waals surface area contributed by atoms with E-state index >= 15 is 0 Å². The van der Waals surface area contributed by atoms with Gasteiger partial charge in [0.15, 0.2) is 5.78 Å². The summed E-state index contributed by atoms with van der Waals surface area (Å²) in [4.78, 5) is 20.2. The molecule has 2 aromatic rings. The van der Waals surface area contributed by atoms with Crippen molar-refractivity contribution in [3.8, 4) is 0 Å². The molecule has 0 spiro atoms. The summed E-state index contributed by atoms with van der Waals surface area (Å²) in [6.45, 7) is 2.57. The lowest BCUT2D eigenvalue weighted by Gasteiger charge is -2.35. The summed E-state index contributed by atoms with van der Waals surface area (Å²) in [5.41, 5.74) is 2.74. The molecule has 1 aromatic heterocycles. The number of ketones is 1. The van der Waals surface area contributed by atoms with Crippen LogP contribution in [-0.2, 0) is 0 Å². The lowest BCUT2D eigenvalue weighted by Crippen LogP contribution is -2.39. The second-order valence-electron chi connectivity index (χ2n) is 8.74. The molecule has 0 atom stereocenters. The minimum absolute atomic E-state index is 0.206. The Morgan fingerprint density at radius 3 is 2.54 bits per heavy atom. The Morgan fingerprint density at radius 2 is 1.82 bits per heavy atom. The molecule has 1 saturated heterocycles. The van der Waals surface area contributed by atoms with Gasteiger partial charge in [-0.15, -0.1) is 0 Å². The van der Waals surface area contributed by atoms with Crippen LogP contribution in [0.4, 0.5) is 5.69 Å². The fourth-order valence-electron chi connectivity index (χ4n) is 4.97. The molecule has 4 nitrogen and oxygen atoms in total. The van der Waals surface area contributed by atoms with Crippen LogP contribution < -0.4 is 5.32 Å². The van der Waals surface area contributed by atoms with Crippen LogP contribution in [0.15, 0.2) is 28.9 Å². The molecular weight excluding hydrogens is 414 g/mol. The average Bonchev–Trinajstić information content (AvgIpc) is 3.42. The van der Waals surface area contributed by atoms with Gasteiger partial charge in [-0.25, -0.2) is 0 Å². The highest BCUT2D eigenvalue weighted by atomic mass is 79.9. The van der Waals surface area contributed by atoms with Crippen molar-refractivity contribution < 1.29 is 4.79 Å². The maximum atomic E-state index is 12.9. The third-order valence-corrected chi connectivity index (χ3v) is 7.24. The number of carbonyl (C=O) groups is 1. The van der Waals surface area contributed by atoms with Gasteiger partial charge in [0.05, 0.1) is 16.8 Å². The number of halogens is 1. The third-order valence-electron chi connectivity index (χ3n) is 6.75. The van der Waals surface area contributed by atoms with Crippen molar-refractivity contribution in [1.29, 1.82) is 0 Å². The molecule has 1 N–H and O–H groups in total. The molecular formula is C23H28BrN3O. The third kappa shape index (κ3) is 3.71. The molecule has 0 unspecified atom stereocenters. The fourth-order valence-corrected chi connectivity index (χ4v) is 5.33. The summed E-state index contributed by atoms with van der Waals surface area (Å²) in [6, 6.07) is 7.35. The molecule has 3 aliphatic rings. The van der Waals surface area contributed by atoms with E-state index in [2.05, 4.69) is 37.2 Å². The Kier molecular flexibility index (Phi) is 5.14. The monoisotopic (exact) mass is 441 g/mol. The van der Waals surface area contributed by atoms with E-state index in [1.807, 2.05) is 12.1 Å². The van der Waals surface area contributed by atoms with Crippen LogP contribution in [0, 0.1) is 5.92 Å². The number of Topliss-reactive ketones (excluding diaryl/α,β-unsaturated/α-hetero) is 1. The second kappa shape index (κ2) is 7.75. The van der Waals surface area contributed by atoms with Gasteiger partial charge in [0.25, 0.3) is 0 Å². The van der Waals surface area contributed by atoms with Crippen molar-refractivity contribution in [3.63, 3.8) is 0 Å². The lowest BCUT2D eigenvalue weighted by molar-refractivity contribution is 0.0968. The van der Waals surface area contributed by atoms with Crippen molar-refractivity contribution in [2.24, 2.45) is 5.92 Å². The number of fused-ring (bicyclic) bond motifs is 1. The van der Waals surface area contributed by atoms with E-state index in [0.29, 0.717) is 6.04 Å². The number of carbonyl (C=O) groups excluding carboxylic acids is 1. The molecule has 28 heavy (non-hydrogen) atoms. The van der Waals surface area contributed by atoms with Crippen LogP contribution in [0.5, 0.6) is 0 Å². The highest BCUT2D eigenvalue weighted by Gasteiger charge is 2.33. The predicted molar refractivity (Wildman–Crippen MR) is 117 cm³/mol. The predicted octanol–water partition coefficient (Wildman–Crippen LogP) is 5.41. The first-order chi connectivity index (χ1) is 13.7. The largest absolute Gasteiger partial charge is 0.381 e. The lowest BCUT2D eigenvalue weighted by atomic mass is 9.89.